The van der Waals surface area contributed by atoms with E-state index in [4.69, 9.17) is 26.4 Å². The third-order valence-corrected chi connectivity index (χ3v) is 5.37. The fourth-order valence-electron chi connectivity index (χ4n) is 3.43. The summed E-state index contributed by atoms with van der Waals surface area (Å²) >= 11 is 5.50. The molecule has 154 valence electrons. The Morgan fingerprint density at radius 2 is 1.90 bits per heavy atom. The smallest absolute Gasteiger partial charge is 0.269 e. The fourth-order valence-corrected chi connectivity index (χ4v) is 3.65. The maximum absolute atomic E-state index is 10.8. The maximum atomic E-state index is 10.8. The molecule has 8 nitrogen and oxygen atoms in total. The van der Waals surface area contributed by atoms with Crippen LogP contribution in [0.4, 0.5) is 5.69 Å². The van der Waals surface area contributed by atoms with E-state index in [0.29, 0.717) is 29.0 Å². The molecule has 0 radical (unpaired) electrons. The molecule has 29 heavy (non-hydrogen) atoms. The number of nitro groups is 1. The lowest BCUT2D eigenvalue weighted by atomic mass is 9.92. The second kappa shape index (κ2) is 8.95. The van der Waals surface area contributed by atoms with E-state index in [2.05, 4.69) is 10.2 Å². The molecule has 0 saturated heterocycles. The van der Waals surface area contributed by atoms with Crippen LogP contribution in [0.15, 0.2) is 36.4 Å². The minimum Gasteiger partial charge on any atom is -0.493 e. The number of rotatable bonds is 6. The van der Waals surface area contributed by atoms with Gasteiger partial charge in [0.1, 0.15) is 12.4 Å². The molecule has 0 aliphatic carbocycles. The van der Waals surface area contributed by atoms with Gasteiger partial charge in [0, 0.05) is 25.7 Å². The molecule has 1 aliphatic rings. The van der Waals surface area contributed by atoms with Crippen molar-refractivity contribution < 1.29 is 19.1 Å². The minimum absolute atomic E-state index is 0.0233. The number of methoxy groups -OCH3 is 2. The quantitative estimate of drug-likeness (QED) is 0.436. The van der Waals surface area contributed by atoms with E-state index in [9.17, 15) is 10.1 Å². The third-order valence-electron chi connectivity index (χ3n) is 4.93. The summed E-state index contributed by atoms with van der Waals surface area (Å²) in [5, 5.41) is 14.5. The number of nitrogens with zero attached hydrogens (tertiary/aromatic N) is 2. The van der Waals surface area contributed by atoms with E-state index in [0.717, 1.165) is 24.1 Å². The molecule has 2 aromatic rings. The molecule has 1 heterocycles. The summed E-state index contributed by atoms with van der Waals surface area (Å²) in [6, 6.07) is 9.85. The number of thiocarbonyl (C=S) groups is 1. The van der Waals surface area contributed by atoms with Gasteiger partial charge in [0.15, 0.2) is 16.6 Å². The molecule has 0 bridgehead atoms. The van der Waals surface area contributed by atoms with Crippen molar-refractivity contribution >= 4 is 23.0 Å². The standard InChI is InChI=1S/C20H23N3O5S/c1-21-20(29)22-9-8-13-10-18(26-2)19(27-3)11-16(13)17(22)12-28-15-6-4-14(5-7-15)23(24)25/h4-7,10-11,17H,8-9,12H2,1-3H3,(H,21,29)/t17-/m1/s1. The highest BCUT2D eigenvalue weighted by atomic mass is 32.1. The number of non-ortho nitro benzene ring substituents is 1. The van der Waals surface area contributed by atoms with Crippen LogP contribution in [0.3, 0.4) is 0 Å². The molecule has 0 unspecified atom stereocenters. The molecular weight excluding hydrogens is 394 g/mol. The zero-order valence-electron chi connectivity index (χ0n) is 16.5. The minimum atomic E-state index is -0.437. The Morgan fingerprint density at radius 3 is 2.48 bits per heavy atom. The molecule has 1 aliphatic heterocycles. The fraction of sp³-hybridized carbons (Fsp3) is 0.350. The van der Waals surface area contributed by atoms with E-state index in [1.165, 1.54) is 12.1 Å². The van der Waals surface area contributed by atoms with Gasteiger partial charge in [-0.2, -0.15) is 0 Å². The highest BCUT2D eigenvalue weighted by Gasteiger charge is 2.31. The summed E-state index contributed by atoms with van der Waals surface area (Å²) in [4.78, 5) is 12.5. The van der Waals surface area contributed by atoms with Crippen LogP contribution >= 0.6 is 12.2 Å². The Bertz CT molecular complexity index is 904. The zero-order chi connectivity index (χ0) is 21.0. The first-order valence-electron chi connectivity index (χ1n) is 9.09. The van der Waals surface area contributed by atoms with Gasteiger partial charge in [-0.3, -0.25) is 10.1 Å². The van der Waals surface area contributed by atoms with Crippen molar-refractivity contribution in [1.29, 1.82) is 0 Å². The van der Waals surface area contributed by atoms with Gasteiger partial charge in [0.2, 0.25) is 0 Å². The summed E-state index contributed by atoms with van der Waals surface area (Å²) in [6.45, 7) is 1.05. The highest BCUT2D eigenvalue weighted by Crippen LogP contribution is 2.38. The molecule has 9 heteroatoms. The number of hydrogen-bond acceptors (Lipinski definition) is 6. The molecular formula is C20H23N3O5S. The van der Waals surface area contributed by atoms with Gasteiger partial charge in [0.05, 0.1) is 25.2 Å². The second-order valence-electron chi connectivity index (χ2n) is 6.48. The van der Waals surface area contributed by atoms with E-state index in [-0.39, 0.29) is 11.7 Å². The van der Waals surface area contributed by atoms with Crippen LogP contribution in [0.2, 0.25) is 0 Å². The van der Waals surface area contributed by atoms with Crippen LogP contribution in [-0.4, -0.2) is 49.4 Å². The predicted octanol–water partition coefficient (Wildman–Crippen LogP) is 3.09. The molecule has 0 spiro atoms. The Kier molecular flexibility index (Phi) is 6.38. The highest BCUT2D eigenvalue weighted by molar-refractivity contribution is 7.80. The third kappa shape index (κ3) is 4.34. The normalized spacial score (nSPS) is 15.3. The summed E-state index contributed by atoms with van der Waals surface area (Å²) < 4.78 is 16.9. The molecule has 0 aromatic heterocycles. The molecule has 1 N–H and O–H groups in total. The van der Waals surface area contributed by atoms with Crippen LogP contribution in [0.1, 0.15) is 17.2 Å². The van der Waals surface area contributed by atoms with Gasteiger partial charge in [0.25, 0.3) is 5.69 Å². The topological polar surface area (TPSA) is 86.1 Å². The summed E-state index contributed by atoms with van der Waals surface area (Å²) in [5.74, 6) is 1.88. The molecule has 0 saturated carbocycles. The van der Waals surface area contributed by atoms with Gasteiger partial charge < -0.3 is 24.4 Å². The van der Waals surface area contributed by atoms with Crippen LogP contribution in [-0.2, 0) is 6.42 Å². The second-order valence-corrected chi connectivity index (χ2v) is 6.87. The molecule has 3 rings (SSSR count). The molecule has 0 fully saturated rings. The van der Waals surface area contributed by atoms with Crippen molar-refractivity contribution in [2.75, 3.05) is 34.4 Å². The van der Waals surface area contributed by atoms with Gasteiger partial charge in [-0.1, -0.05) is 0 Å². The lowest BCUT2D eigenvalue weighted by Crippen LogP contribution is -2.46. The Labute approximate surface area is 174 Å². The molecule has 0 amide bonds. The van der Waals surface area contributed by atoms with Crippen molar-refractivity contribution in [2.45, 2.75) is 12.5 Å². The van der Waals surface area contributed by atoms with Crippen molar-refractivity contribution in [1.82, 2.24) is 10.2 Å². The number of fused-ring (bicyclic) bond motifs is 1. The first kappa shape index (κ1) is 20.7. The first-order chi connectivity index (χ1) is 14.0. The average molecular weight is 417 g/mol. The van der Waals surface area contributed by atoms with E-state index in [1.54, 1.807) is 33.4 Å². The first-order valence-corrected chi connectivity index (χ1v) is 9.49. The number of ether oxygens (including phenoxy) is 3. The Morgan fingerprint density at radius 1 is 1.24 bits per heavy atom. The SMILES string of the molecule is CNC(=S)N1CCc2cc(OC)c(OC)cc2[C@H]1COc1ccc([N+](=O)[O-])cc1. The Hall–Kier alpha value is -3.07. The number of benzene rings is 2. The molecule has 1 atom stereocenters. The number of nitro benzene ring substituents is 1. The molecule has 2 aromatic carbocycles. The van der Waals surface area contributed by atoms with Gasteiger partial charge >= 0.3 is 0 Å². The monoisotopic (exact) mass is 417 g/mol. The number of nitrogens with one attached hydrogen (secondary N) is 1. The van der Waals surface area contributed by atoms with E-state index < -0.39 is 4.92 Å². The van der Waals surface area contributed by atoms with Crippen molar-refractivity contribution in [3.8, 4) is 17.2 Å². The van der Waals surface area contributed by atoms with E-state index >= 15 is 0 Å². The average Bonchev–Trinajstić information content (AvgIpc) is 2.75. The lowest BCUT2D eigenvalue weighted by molar-refractivity contribution is -0.384. The van der Waals surface area contributed by atoms with Crippen molar-refractivity contribution in [2.24, 2.45) is 0 Å². The van der Waals surface area contributed by atoms with Crippen LogP contribution in [0.25, 0.3) is 0 Å². The van der Waals surface area contributed by atoms with Crippen LogP contribution in [0.5, 0.6) is 17.2 Å². The Balaban J connectivity index is 1.90. The van der Waals surface area contributed by atoms with Crippen molar-refractivity contribution in [3.05, 3.63) is 57.6 Å². The van der Waals surface area contributed by atoms with Crippen LogP contribution in [0, 0.1) is 10.1 Å². The van der Waals surface area contributed by atoms with E-state index in [1.807, 2.05) is 12.1 Å². The summed E-state index contributed by atoms with van der Waals surface area (Å²) in [7, 11) is 5.01. The van der Waals surface area contributed by atoms with Gasteiger partial charge in [-0.15, -0.1) is 0 Å². The maximum Gasteiger partial charge on any atom is 0.269 e. The predicted molar refractivity (Wildman–Crippen MR) is 113 cm³/mol. The summed E-state index contributed by atoms with van der Waals surface area (Å²) in [5.41, 5.74) is 2.22. The lowest BCUT2D eigenvalue weighted by Gasteiger charge is -2.38. The van der Waals surface area contributed by atoms with Gasteiger partial charge in [-0.25, -0.2) is 0 Å². The van der Waals surface area contributed by atoms with Crippen LogP contribution < -0.4 is 19.5 Å². The number of hydrogen-bond donors (Lipinski definition) is 1. The van der Waals surface area contributed by atoms with Gasteiger partial charge in [-0.05, 0) is 54.0 Å². The van der Waals surface area contributed by atoms with Crippen molar-refractivity contribution in [3.63, 3.8) is 0 Å². The largest absolute Gasteiger partial charge is 0.493 e. The zero-order valence-corrected chi connectivity index (χ0v) is 17.3. The summed E-state index contributed by atoms with van der Waals surface area (Å²) in [6.07, 6.45) is 0.811.